The zero-order valence-corrected chi connectivity index (χ0v) is 7.19. The van der Waals surface area contributed by atoms with E-state index in [1.165, 1.54) is 19.3 Å². The predicted octanol–water partition coefficient (Wildman–Crippen LogP) is 1.11. The highest BCUT2D eigenvalue weighted by atomic mass is 14.9. The molecule has 0 spiro atoms. The first-order valence-electron chi connectivity index (χ1n) is 4.22. The van der Waals surface area contributed by atoms with Gasteiger partial charge in [0.05, 0.1) is 0 Å². The lowest BCUT2D eigenvalue weighted by molar-refractivity contribution is 0.484. The second-order valence-corrected chi connectivity index (χ2v) is 2.68. The van der Waals surface area contributed by atoms with Gasteiger partial charge in [0.1, 0.15) is 0 Å². The highest BCUT2D eigenvalue weighted by Crippen LogP contribution is 2.02. The number of rotatable bonds is 6. The van der Waals surface area contributed by atoms with Gasteiger partial charge in [-0.1, -0.05) is 13.3 Å². The van der Waals surface area contributed by atoms with Crippen LogP contribution in [0.2, 0.25) is 0 Å². The molecule has 0 saturated heterocycles. The van der Waals surface area contributed by atoms with E-state index >= 15 is 0 Å². The molecular formula is C8H20N2. The Bertz CT molecular complexity index is 60.3. The van der Waals surface area contributed by atoms with Crippen LogP contribution in [0, 0.1) is 0 Å². The first-order valence-corrected chi connectivity index (χ1v) is 4.22. The van der Waals surface area contributed by atoms with Gasteiger partial charge in [-0.3, -0.25) is 0 Å². The molecule has 0 fully saturated rings. The summed E-state index contributed by atoms with van der Waals surface area (Å²) < 4.78 is 0. The van der Waals surface area contributed by atoms with Crippen LogP contribution >= 0.6 is 0 Å². The molecule has 0 bridgehead atoms. The van der Waals surface area contributed by atoms with Crippen LogP contribution in [0.15, 0.2) is 0 Å². The highest BCUT2D eigenvalue weighted by molar-refractivity contribution is 4.61. The predicted molar refractivity (Wildman–Crippen MR) is 46.0 cm³/mol. The summed E-state index contributed by atoms with van der Waals surface area (Å²) in [4.78, 5) is 0. The minimum Gasteiger partial charge on any atom is -0.330 e. The molecule has 0 saturated carbocycles. The van der Waals surface area contributed by atoms with Crippen LogP contribution < -0.4 is 11.1 Å². The van der Waals surface area contributed by atoms with Crippen LogP contribution in [0.4, 0.5) is 0 Å². The van der Waals surface area contributed by atoms with Crippen molar-refractivity contribution >= 4 is 0 Å². The summed E-state index contributed by atoms with van der Waals surface area (Å²) in [5.74, 6) is 0. The van der Waals surface area contributed by atoms with Crippen LogP contribution in [-0.4, -0.2) is 19.6 Å². The summed E-state index contributed by atoms with van der Waals surface area (Å²) in [6, 6.07) is 0.701. The van der Waals surface area contributed by atoms with E-state index < -0.39 is 0 Å². The van der Waals surface area contributed by atoms with Crippen molar-refractivity contribution in [2.75, 3.05) is 13.6 Å². The molecule has 0 aliphatic heterocycles. The molecule has 0 rings (SSSR count). The molecular weight excluding hydrogens is 124 g/mol. The molecule has 0 radical (unpaired) electrons. The number of hydrogen-bond donors (Lipinski definition) is 2. The van der Waals surface area contributed by atoms with Crippen molar-refractivity contribution in [1.29, 1.82) is 0 Å². The number of nitrogens with one attached hydrogen (secondary N) is 1. The van der Waals surface area contributed by atoms with E-state index in [-0.39, 0.29) is 0 Å². The van der Waals surface area contributed by atoms with Crippen LogP contribution in [0.25, 0.3) is 0 Å². The van der Waals surface area contributed by atoms with E-state index in [4.69, 9.17) is 5.73 Å². The minimum absolute atomic E-state index is 0.701. The lowest BCUT2D eigenvalue weighted by Gasteiger charge is -2.12. The Morgan fingerprint density at radius 2 is 2.10 bits per heavy atom. The first kappa shape index (κ1) is 9.92. The SMILES string of the molecule is CC[C@H](CCCCN)NC. The van der Waals surface area contributed by atoms with Gasteiger partial charge in [0.2, 0.25) is 0 Å². The Morgan fingerprint density at radius 3 is 2.50 bits per heavy atom. The molecule has 0 aromatic carbocycles. The molecule has 0 aromatic rings. The van der Waals surface area contributed by atoms with E-state index in [9.17, 15) is 0 Å². The van der Waals surface area contributed by atoms with Crippen molar-refractivity contribution in [3.8, 4) is 0 Å². The van der Waals surface area contributed by atoms with Gasteiger partial charge in [0, 0.05) is 6.04 Å². The summed E-state index contributed by atoms with van der Waals surface area (Å²) in [5.41, 5.74) is 5.38. The van der Waals surface area contributed by atoms with E-state index in [0.29, 0.717) is 6.04 Å². The third kappa shape index (κ3) is 4.77. The number of hydrogen-bond acceptors (Lipinski definition) is 2. The molecule has 0 unspecified atom stereocenters. The summed E-state index contributed by atoms with van der Waals surface area (Å²) >= 11 is 0. The molecule has 0 aliphatic carbocycles. The Kier molecular flexibility index (Phi) is 6.98. The van der Waals surface area contributed by atoms with Crippen LogP contribution in [0.1, 0.15) is 32.6 Å². The third-order valence-corrected chi connectivity index (χ3v) is 1.91. The molecule has 3 N–H and O–H groups in total. The largest absolute Gasteiger partial charge is 0.330 e. The highest BCUT2D eigenvalue weighted by Gasteiger charge is 2.00. The van der Waals surface area contributed by atoms with Crippen LogP contribution in [0.5, 0.6) is 0 Å². The van der Waals surface area contributed by atoms with E-state index in [1.807, 2.05) is 7.05 Å². The Labute approximate surface area is 64.2 Å². The van der Waals surface area contributed by atoms with Crippen LogP contribution in [0.3, 0.4) is 0 Å². The summed E-state index contributed by atoms with van der Waals surface area (Å²) in [6.45, 7) is 3.05. The van der Waals surface area contributed by atoms with Gasteiger partial charge >= 0.3 is 0 Å². The van der Waals surface area contributed by atoms with Gasteiger partial charge in [-0.15, -0.1) is 0 Å². The molecule has 2 heteroatoms. The fourth-order valence-corrected chi connectivity index (χ4v) is 1.09. The topological polar surface area (TPSA) is 38.0 Å². The quantitative estimate of drug-likeness (QED) is 0.548. The Balaban J connectivity index is 3.09. The minimum atomic E-state index is 0.701. The normalized spacial score (nSPS) is 13.5. The molecule has 0 aromatic heterocycles. The van der Waals surface area contributed by atoms with Gasteiger partial charge in [0.25, 0.3) is 0 Å². The van der Waals surface area contributed by atoms with Gasteiger partial charge in [-0.05, 0) is 32.9 Å². The fourth-order valence-electron chi connectivity index (χ4n) is 1.09. The average molecular weight is 144 g/mol. The molecule has 0 heterocycles. The third-order valence-electron chi connectivity index (χ3n) is 1.91. The molecule has 0 amide bonds. The smallest absolute Gasteiger partial charge is 0.00614 e. The van der Waals surface area contributed by atoms with Crippen LogP contribution in [-0.2, 0) is 0 Å². The zero-order chi connectivity index (χ0) is 7.82. The van der Waals surface area contributed by atoms with Crippen molar-refractivity contribution < 1.29 is 0 Å². The maximum atomic E-state index is 5.38. The van der Waals surface area contributed by atoms with Crippen molar-refractivity contribution in [3.05, 3.63) is 0 Å². The van der Waals surface area contributed by atoms with Crippen molar-refractivity contribution in [2.45, 2.75) is 38.6 Å². The van der Waals surface area contributed by atoms with Crippen molar-refractivity contribution in [1.82, 2.24) is 5.32 Å². The standard InChI is InChI=1S/C8H20N2/c1-3-8(10-2)6-4-5-7-9/h8,10H,3-7,9H2,1-2H3/t8-/m1/s1. The maximum Gasteiger partial charge on any atom is 0.00614 e. The second-order valence-electron chi connectivity index (χ2n) is 2.68. The zero-order valence-electron chi connectivity index (χ0n) is 7.19. The lowest BCUT2D eigenvalue weighted by Crippen LogP contribution is -2.24. The molecule has 1 atom stereocenters. The molecule has 0 aliphatic rings. The lowest BCUT2D eigenvalue weighted by atomic mass is 10.1. The van der Waals surface area contributed by atoms with Crippen molar-refractivity contribution in [3.63, 3.8) is 0 Å². The monoisotopic (exact) mass is 144 g/mol. The van der Waals surface area contributed by atoms with E-state index in [1.54, 1.807) is 0 Å². The molecule has 62 valence electrons. The summed E-state index contributed by atoms with van der Waals surface area (Å²) in [7, 11) is 2.02. The fraction of sp³-hybridized carbons (Fsp3) is 1.00. The summed E-state index contributed by atoms with van der Waals surface area (Å²) in [6.07, 6.45) is 4.92. The Morgan fingerprint density at radius 1 is 1.40 bits per heavy atom. The first-order chi connectivity index (χ1) is 4.85. The van der Waals surface area contributed by atoms with Gasteiger partial charge < -0.3 is 11.1 Å². The summed E-state index contributed by atoms with van der Waals surface area (Å²) in [5, 5.41) is 3.27. The van der Waals surface area contributed by atoms with Gasteiger partial charge in [-0.2, -0.15) is 0 Å². The molecule has 2 nitrogen and oxygen atoms in total. The van der Waals surface area contributed by atoms with Crippen molar-refractivity contribution in [2.24, 2.45) is 5.73 Å². The second kappa shape index (κ2) is 7.03. The van der Waals surface area contributed by atoms with E-state index in [2.05, 4.69) is 12.2 Å². The van der Waals surface area contributed by atoms with Gasteiger partial charge in [-0.25, -0.2) is 0 Å². The molecule has 10 heavy (non-hydrogen) atoms. The maximum absolute atomic E-state index is 5.38. The average Bonchev–Trinajstić information content (AvgIpc) is 1.99. The van der Waals surface area contributed by atoms with Gasteiger partial charge in [0.15, 0.2) is 0 Å². The number of unbranched alkanes of at least 4 members (excludes halogenated alkanes) is 1. The Hall–Kier alpha value is -0.0800. The number of nitrogens with two attached hydrogens (primary N) is 1. The van der Waals surface area contributed by atoms with E-state index in [0.717, 1.165) is 13.0 Å².